The standard InChI is InChI=1S/C20H21N5O/c1-20(2,3)25-17(12-8-9-12)10-16(24-25)18(26)13(11-21)19-22-14-6-4-5-7-15(14)23-19/h4-7,10,12-13H,8-9H2,1-3H3,(H,22,23)/t13-/m1/s1. The van der Waals surface area contributed by atoms with E-state index in [1.54, 1.807) is 0 Å². The van der Waals surface area contributed by atoms with Crippen LogP contribution in [0.5, 0.6) is 0 Å². The van der Waals surface area contributed by atoms with Gasteiger partial charge in [-0.2, -0.15) is 10.4 Å². The van der Waals surface area contributed by atoms with E-state index in [0.29, 0.717) is 17.4 Å². The minimum absolute atomic E-state index is 0.210. The van der Waals surface area contributed by atoms with Crippen molar-refractivity contribution >= 4 is 16.8 Å². The number of hydrogen-bond donors (Lipinski definition) is 1. The molecule has 1 aromatic carbocycles. The number of carbonyl (C=O) groups is 1. The van der Waals surface area contributed by atoms with Crippen LogP contribution >= 0.6 is 0 Å². The summed E-state index contributed by atoms with van der Waals surface area (Å²) in [5, 5.41) is 14.2. The number of nitrogens with one attached hydrogen (secondary N) is 1. The molecule has 6 nitrogen and oxygen atoms in total. The van der Waals surface area contributed by atoms with Crippen LogP contribution in [-0.4, -0.2) is 25.5 Å². The highest BCUT2D eigenvalue weighted by Crippen LogP contribution is 2.42. The van der Waals surface area contributed by atoms with E-state index in [9.17, 15) is 10.1 Å². The van der Waals surface area contributed by atoms with Crippen LogP contribution in [0.2, 0.25) is 0 Å². The molecule has 2 aromatic heterocycles. The van der Waals surface area contributed by atoms with Crippen molar-refractivity contribution in [3.8, 4) is 6.07 Å². The Morgan fingerprint density at radius 2 is 2.08 bits per heavy atom. The van der Waals surface area contributed by atoms with Gasteiger partial charge in [0.25, 0.3) is 0 Å². The number of aromatic nitrogens is 4. The Balaban J connectivity index is 1.72. The first-order valence-corrected chi connectivity index (χ1v) is 8.87. The van der Waals surface area contributed by atoms with Gasteiger partial charge in [-0.15, -0.1) is 0 Å². The normalized spacial score (nSPS) is 15.8. The molecular weight excluding hydrogens is 326 g/mol. The summed E-state index contributed by atoms with van der Waals surface area (Å²) in [5.41, 5.74) is 2.78. The van der Waals surface area contributed by atoms with Crippen molar-refractivity contribution in [2.75, 3.05) is 0 Å². The molecule has 0 amide bonds. The van der Waals surface area contributed by atoms with E-state index in [2.05, 4.69) is 41.9 Å². The molecule has 0 radical (unpaired) electrons. The lowest BCUT2D eigenvalue weighted by Gasteiger charge is -2.22. The Labute approximate surface area is 151 Å². The zero-order valence-electron chi connectivity index (χ0n) is 15.2. The van der Waals surface area contributed by atoms with Crippen LogP contribution in [0.3, 0.4) is 0 Å². The predicted octanol–water partition coefficient (Wildman–Crippen LogP) is 3.88. The molecule has 132 valence electrons. The van der Waals surface area contributed by atoms with Gasteiger partial charge in [-0.25, -0.2) is 4.98 Å². The van der Waals surface area contributed by atoms with Crippen molar-refractivity contribution in [2.24, 2.45) is 0 Å². The molecule has 0 spiro atoms. The molecule has 1 aliphatic carbocycles. The first kappa shape index (κ1) is 16.5. The number of benzene rings is 1. The van der Waals surface area contributed by atoms with Crippen molar-refractivity contribution in [1.29, 1.82) is 5.26 Å². The molecule has 0 bridgehead atoms. The second-order valence-electron chi connectivity index (χ2n) is 7.88. The van der Waals surface area contributed by atoms with Gasteiger partial charge in [-0.05, 0) is 51.8 Å². The van der Waals surface area contributed by atoms with E-state index in [0.717, 1.165) is 29.6 Å². The summed E-state index contributed by atoms with van der Waals surface area (Å²) in [4.78, 5) is 20.5. The smallest absolute Gasteiger partial charge is 0.207 e. The number of nitriles is 1. The molecule has 4 rings (SSSR count). The summed E-state index contributed by atoms with van der Waals surface area (Å²) in [7, 11) is 0. The Hall–Kier alpha value is -2.94. The number of H-pyrrole nitrogens is 1. The molecule has 0 unspecified atom stereocenters. The molecule has 0 saturated heterocycles. The maximum Gasteiger partial charge on any atom is 0.207 e. The average Bonchev–Trinajstić information content (AvgIpc) is 3.19. The molecule has 2 heterocycles. The molecule has 6 heteroatoms. The van der Waals surface area contributed by atoms with Gasteiger partial charge in [-0.1, -0.05) is 12.1 Å². The van der Waals surface area contributed by atoms with Crippen molar-refractivity contribution in [1.82, 2.24) is 19.7 Å². The largest absolute Gasteiger partial charge is 0.340 e. The number of imidazole rings is 1. The molecule has 1 aliphatic rings. The summed E-state index contributed by atoms with van der Waals surface area (Å²) in [6.07, 6.45) is 2.25. The zero-order chi connectivity index (χ0) is 18.5. The van der Waals surface area contributed by atoms with E-state index in [1.165, 1.54) is 0 Å². The Morgan fingerprint density at radius 1 is 1.35 bits per heavy atom. The number of carbonyl (C=O) groups excluding carboxylic acids is 1. The topological polar surface area (TPSA) is 87.4 Å². The van der Waals surface area contributed by atoms with E-state index in [4.69, 9.17) is 0 Å². The number of Topliss-reactive ketones (excluding diaryl/α,β-unsaturated/α-hetero) is 1. The highest BCUT2D eigenvalue weighted by atomic mass is 16.1. The third kappa shape index (κ3) is 2.80. The molecule has 1 atom stereocenters. The first-order chi connectivity index (χ1) is 12.4. The molecular formula is C20H21N5O. The molecule has 1 saturated carbocycles. The van der Waals surface area contributed by atoms with Crippen molar-refractivity contribution in [3.63, 3.8) is 0 Å². The summed E-state index contributed by atoms with van der Waals surface area (Å²) in [5.74, 6) is -0.457. The van der Waals surface area contributed by atoms with Gasteiger partial charge in [-0.3, -0.25) is 9.48 Å². The average molecular weight is 347 g/mol. The third-order valence-electron chi connectivity index (χ3n) is 4.69. The highest BCUT2D eigenvalue weighted by molar-refractivity contribution is 6.01. The first-order valence-electron chi connectivity index (χ1n) is 8.87. The fraction of sp³-hybridized carbons (Fsp3) is 0.400. The second kappa shape index (κ2) is 5.80. The minimum Gasteiger partial charge on any atom is -0.340 e. The number of aromatic amines is 1. The quantitative estimate of drug-likeness (QED) is 0.726. The van der Waals surface area contributed by atoms with Gasteiger partial charge in [0, 0.05) is 11.6 Å². The summed E-state index contributed by atoms with van der Waals surface area (Å²) in [6, 6.07) is 11.5. The predicted molar refractivity (Wildman–Crippen MR) is 98.0 cm³/mol. The highest BCUT2D eigenvalue weighted by Gasteiger charge is 2.34. The van der Waals surface area contributed by atoms with Gasteiger partial charge in [0.2, 0.25) is 5.78 Å². The number of fused-ring (bicyclic) bond motifs is 1. The zero-order valence-corrected chi connectivity index (χ0v) is 15.2. The number of ketones is 1. The summed E-state index contributed by atoms with van der Waals surface area (Å²) >= 11 is 0. The SMILES string of the molecule is CC(C)(C)n1nc(C(=O)[C@@H](C#N)c2nc3ccccc3[nH]2)cc1C1CC1. The molecule has 3 aromatic rings. The van der Waals surface area contributed by atoms with Gasteiger partial charge >= 0.3 is 0 Å². The Kier molecular flexibility index (Phi) is 3.69. The summed E-state index contributed by atoms with van der Waals surface area (Å²) in [6.45, 7) is 6.21. The van der Waals surface area contributed by atoms with E-state index in [1.807, 2.05) is 35.0 Å². The number of hydrogen-bond acceptors (Lipinski definition) is 4. The molecule has 1 fully saturated rings. The van der Waals surface area contributed by atoms with Crippen LogP contribution in [0.15, 0.2) is 30.3 Å². The van der Waals surface area contributed by atoms with Gasteiger partial charge in [0.1, 0.15) is 11.5 Å². The fourth-order valence-electron chi connectivity index (χ4n) is 3.22. The van der Waals surface area contributed by atoms with Gasteiger partial charge in [0.15, 0.2) is 5.92 Å². The number of rotatable bonds is 4. The lowest BCUT2D eigenvalue weighted by Crippen LogP contribution is -2.25. The van der Waals surface area contributed by atoms with E-state index < -0.39 is 5.92 Å². The lowest BCUT2D eigenvalue weighted by molar-refractivity contribution is 0.0970. The number of para-hydroxylation sites is 2. The fourth-order valence-corrected chi connectivity index (χ4v) is 3.22. The molecule has 26 heavy (non-hydrogen) atoms. The third-order valence-corrected chi connectivity index (χ3v) is 4.69. The molecule has 0 aliphatic heterocycles. The van der Waals surface area contributed by atoms with Gasteiger partial charge in [0.05, 0.1) is 22.6 Å². The van der Waals surface area contributed by atoms with Crippen molar-refractivity contribution < 1.29 is 4.79 Å². The van der Waals surface area contributed by atoms with Crippen LogP contribution in [0.4, 0.5) is 0 Å². The molecule has 1 N–H and O–H groups in total. The minimum atomic E-state index is -0.988. The Bertz CT molecular complexity index is 994. The summed E-state index contributed by atoms with van der Waals surface area (Å²) < 4.78 is 1.94. The lowest BCUT2D eigenvalue weighted by atomic mass is 10.0. The van der Waals surface area contributed by atoms with E-state index in [-0.39, 0.29) is 11.3 Å². The van der Waals surface area contributed by atoms with Crippen LogP contribution in [0.25, 0.3) is 11.0 Å². The Morgan fingerprint density at radius 3 is 2.69 bits per heavy atom. The van der Waals surface area contributed by atoms with Crippen LogP contribution in [0, 0.1) is 11.3 Å². The van der Waals surface area contributed by atoms with Crippen LogP contribution < -0.4 is 0 Å². The van der Waals surface area contributed by atoms with Crippen molar-refractivity contribution in [2.45, 2.75) is 51.0 Å². The van der Waals surface area contributed by atoms with Crippen LogP contribution in [-0.2, 0) is 5.54 Å². The van der Waals surface area contributed by atoms with E-state index >= 15 is 0 Å². The maximum atomic E-state index is 13.0. The maximum absolute atomic E-state index is 13.0. The second-order valence-corrected chi connectivity index (χ2v) is 7.88. The number of nitrogens with zero attached hydrogens (tertiary/aromatic N) is 4. The van der Waals surface area contributed by atoms with Crippen LogP contribution in [0.1, 0.15) is 67.5 Å². The van der Waals surface area contributed by atoms with Crippen molar-refractivity contribution in [3.05, 3.63) is 47.5 Å². The monoisotopic (exact) mass is 347 g/mol. The van der Waals surface area contributed by atoms with Gasteiger partial charge < -0.3 is 4.98 Å².